The number of hydrogen-bond acceptors (Lipinski definition) is 2. The van der Waals surface area contributed by atoms with Gasteiger partial charge in [-0.3, -0.25) is 0 Å². The van der Waals surface area contributed by atoms with Gasteiger partial charge in [-0.1, -0.05) is 20.3 Å². The molecular formula is C10H22N2. The lowest BCUT2D eigenvalue weighted by Crippen LogP contribution is -2.47. The van der Waals surface area contributed by atoms with E-state index < -0.39 is 0 Å². The third-order valence-corrected chi connectivity index (χ3v) is 2.85. The maximum atomic E-state index is 3.53. The second-order valence-electron chi connectivity index (χ2n) is 4.42. The molecule has 72 valence electrons. The van der Waals surface area contributed by atoms with Crippen LogP contribution in [-0.4, -0.2) is 26.2 Å². The van der Waals surface area contributed by atoms with Crippen molar-refractivity contribution >= 4 is 0 Å². The molecule has 0 aromatic carbocycles. The van der Waals surface area contributed by atoms with E-state index in [4.69, 9.17) is 0 Å². The Hall–Kier alpha value is -0.0800. The van der Waals surface area contributed by atoms with Crippen molar-refractivity contribution in [1.29, 1.82) is 0 Å². The monoisotopic (exact) mass is 170 g/mol. The van der Waals surface area contributed by atoms with Gasteiger partial charge in [-0.05, 0) is 25.3 Å². The first-order valence-corrected chi connectivity index (χ1v) is 5.06. The molecule has 0 aliphatic heterocycles. The normalized spacial score (nSPS) is 21.0. The molecular weight excluding hydrogens is 148 g/mol. The van der Waals surface area contributed by atoms with Crippen LogP contribution in [0.15, 0.2) is 0 Å². The molecule has 12 heavy (non-hydrogen) atoms. The van der Waals surface area contributed by atoms with Gasteiger partial charge in [0.2, 0.25) is 0 Å². The van der Waals surface area contributed by atoms with E-state index in [0.717, 1.165) is 0 Å². The van der Waals surface area contributed by atoms with E-state index in [-0.39, 0.29) is 0 Å². The van der Waals surface area contributed by atoms with Crippen LogP contribution in [-0.2, 0) is 0 Å². The van der Waals surface area contributed by atoms with Gasteiger partial charge in [0.1, 0.15) is 0 Å². The molecule has 0 heterocycles. The number of rotatable bonds is 5. The van der Waals surface area contributed by atoms with Crippen LogP contribution in [0, 0.1) is 5.41 Å². The lowest BCUT2D eigenvalue weighted by molar-refractivity contribution is 0.127. The van der Waals surface area contributed by atoms with Crippen LogP contribution in [0.25, 0.3) is 0 Å². The second kappa shape index (κ2) is 4.24. The van der Waals surface area contributed by atoms with Crippen molar-refractivity contribution in [1.82, 2.24) is 10.6 Å². The minimum atomic E-state index is 0.582. The third kappa shape index (κ3) is 2.46. The molecule has 0 amide bonds. The van der Waals surface area contributed by atoms with E-state index in [1.54, 1.807) is 0 Å². The summed E-state index contributed by atoms with van der Waals surface area (Å²) in [6.07, 6.45) is 4.21. The summed E-state index contributed by atoms with van der Waals surface area (Å²) < 4.78 is 0. The maximum Gasteiger partial charge on any atom is 0.00223 e. The smallest absolute Gasteiger partial charge is 0.00223 e. The Bertz CT molecular complexity index is 128. The van der Waals surface area contributed by atoms with Gasteiger partial charge < -0.3 is 10.6 Å². The Balaban J connectivity index is 2.24. The Kier molecular flexibility index (Phi) is 3.53. The van der Waals surface area contributed by atoms with Crippen molar-refractivity contribution in [2.75, 3.05) is 20.1 Å². The minimum Gasteiger partial charge on any atom is -0.319 e. The quantitative estimate of drug-likeness (QED) is 0.651. The van der Waals surface area contributed by atoms with Gasteiger partial charge in [0.25, 0.3) is 0 Å². The summed E-state index contributed by atoms with van der Waals surface area (Å²) in [6, 6.07) is 0.624. The molecule has 0 saturated heterocycles. The van der Waals surface area contributed by atoms with Gasteiger partial charge >= 0.3 is 0 Å². The van der Waals surface area contributed by atoms with Crippen LogP contribution in [0.1, 0.15) is 33.1 Å². The predicted molar refractivity (Wildman–Crippen MR) is 53.3 cm³/mol. The third-order valence-electron chi connectivity index (χ3n) is 2.85. The van der Waals surface area contributed by atoms with E-state index in [0.29, 0.717) is 11.5 Å². The zero-order chi connectivity index (χ0) is 9.03. The summed E-state index contributed by atoms with van der Waals surface area (Å²) in [7, 11) is 2.05. The van der Waals surface area contributed by atoms with E-state index in [2.05, 4.69) is 31.5 Å². The summed E-state index contributed by atoms with van der Waals surface area (Å²) in [5.41, 5.74) is 0.582. The Morgan fingerprint density at radius 2 is 1.92 bits per heavy atom. The average Bonchev–Trinajstić information content (AvgIpc) is 1.94. The van der Waals surface area contributed by atoms with Gasteiger partial charge in [0.05, 0.1) is 0 Å². The molecule has 2 heteroatoms. The van der Waals surface area contributed by atoms with Crippen LogP contribution in [0.5, 0.6) is 0 Å². The lowest BCUT2D eigenvalue weighted by Gasteiger charge is -2.42. The topological polar surface area (TPSA) is 24.1 Å². The first-order chi connectivity index (χ1) is 5.68. The molecule has 0 aromatic rings. The van der Waals surface area contributed by atoms with E-state index in [9.17, 15) is 0 Å². The minimum absolute atomic E-state index is 0.582. The molecule has 0 spiro atoms. The summed E-state index contributed by atoms with van der Waals surface area (Å²) in [6.45, 7) is 6.79. The standard InChI is InChI=1S/C10H22N2/c1-9(2)12-8-10(7-11-3)5-4-6-10/h9,11-12H,4-8H2,1-3H3. The van der Waals surface area contributed by atoms with Gasteiger partial charge in [0.15, 0.2) is 0 Å². The van der Waals surface area contributed by atoms with Crippen molar-refractivity contribution in [3.05, 3.63) is 0 Å². The molecule has 0 radical (unpaired) electrons. The van der Waals surface area contributed by atoms with Crippen molar-refractivity contribution < 1.29 is 0 Å². The fraction of sp³-hybridized carbons (Fsp3) is 1.00. The first kappa shape index (κ1) is 10.0. The van der Waals surface area contributed by atoms with Crippen LogP contribution in [0.2, 0.25) is 0 Å². The van der Waals surface area contributed by atoms with Crippen molar-refractivity contribution in [3.8, 4) is 0 Å². The fourth-order valence-corrected chi connectivity index (χ4v) is 1.89. The van der Waals surface area contributed by atoms with Crippen molar-refractivity contribution in [2.45, 2.75) is 39.2 Å². The van der Waals surface area contributed by atoms with Gasteiger partial charge in [-0.15, -0.1) is 0 Å². The van der Waals surface area contributed by atoms with Gasteiger partial charge in [-0.2, -0.15) is 0 Å². The molecule has 1 aliphatic rings. The molecule has 0 aromatic heterocycles. The fourth-order valence-electron chi connectivity index (χ4n) is 1.89. The van der Waals surface area contributed by atoms with Gasteiger partial charge in [-0.25, -0.2) is 0 Å². The number of hydrogen-bond donors (Lipinski definition) is 2. The highest BCUT2D eigenvalue weighted by atomic mass is 14.9. The van der Waals surface area contributed by atoms with Crippen LogP contribution in [0.4, 0.5) is 0 Å². The Morgan fingerprint density at radius 1 is 1.25 bits per heavy atom. The SMILES string of the molecule is CNCC1(CNC(C)C)CCC1. The highest BCUT2D eigenvalue weighted by Crippen LogP contribution is 2.39. The molecule has 1 saturated carbocycles. The van der Waals surface area contributed by atoms with Crippen molar-refractivity contribution in [3.63, 3.8) is 0 Å². The Labute approximate surface area is 76.1 Å². The van der Waals surface area contributed by atoms with Crippen molar-refractivity contribution in [2.24, 2.45) is 5.41 Å². The Morgan fingerprint density at radius 3 is 2.25 bits per heavy atom. The van der Waals surface area contributed by atoms with E-state index >= 15 is 0 Å². The molecule has 2 nitrogen and oxygen atoms in total. The lowest BCUT2D eigenvalue weighted by atomic mass is 9.68. The van der Waals surface area contributed by atoms with E-state index in [1.807, 2.05) is 0 Å². The summed E-state index contributed by atoms with van der Waals surface area (Å²) in [5, 5.41) is 6.83. The number of nitrogens with one attached hydrogen (secondary N) is 2. The zero-order valence-corrected chi connectivity index (χ0v) is 8.61. The molecule has 0 bridgehead atoms. The predicted octanol–water partition coefficient (Wildman–Crippen LogP) is 1.37. The highest BCUT2D eigenvalue weighted by Gasteiger charge is 2.35. The van der Waals surface area contributed by atoms with E-state index in [1.165, 1.54) is 32.4 Å². The zero-order valence-electron chi connectivity index (χ0n) is 8.61. The molecule has 1 fully saturated rings. The van der Waals surface area contributed by atoms with Gasteiger partial charge in [0, 0.05) is 19.1 Å². The molecule has 0 unspecified atom stereocenters. The van der Waals surface area contributed by atoms with Crippen LogP contribution < -0.4 is 10.6 Å². The van der Waals surface area contributed by atoms with Crippen LogP contribution >= 0.6 is 0 Å². The summed E-state index contributed by atoms with van der Waals surface area (Å²) in [5.74, 6) is 0. The first-order valence-electron chi connectivity index (χ1n) is 5.06. The molecule has 0 atom stereocenters. The largest absolute Gasteiger partial charge is 0.319 e. The van der Waals surface area contributed by atoms with Crippen LogP contribution in [0.3, 0.4) is 0 Å². The molecule has 1 rings (SSSR count). The maximum absolute atomic E-state index is 3.53. The summed E-state index contributed by atoms with van der Waals surface area (Å²) >= 11 is 0. The molecule has 1 aliphatic carbocycles. The second-order valence-corrected chi connectivity index (χ2v) is 4.42. The average molecular weight is 170 g/mol. The molecule has 2 N–H and O–H groups in total. The summed E-state index contributed by atoms with van der Waals surface area (Å²) in [4.78, 5) is 0. The highest BCUT2D eigenvalue weighted by molar-refractivity contribution is 4.91.